The largest absolute Gasteiger partial charge is 0.384 e. The summed E-state index contributed by atoms with van der Waals surface area (Å²) >= 11 is 0. The van der Waals surface area contributed by atoms with Gasteiger partial charge in [-0.05, 0) is 25.6 Å². The molecule has 1 aromatic rings. The first kappa shape index (κ1) is 13.2. The highest BCUT2D eigenvalue weighted by Gasteiger charge is 2.27. The van der Waals surface area contributed by atoms with Crippen LogP contribution in [0.3, 0.4) is 0 Å². The summed E-state index contributed by atoms with van der Waals surface area (Å²) in [4.78, 5) is 2.17. The van der Waals surface area contributed by atoms with Gasteiger partial charge in [-0.25, -0.2) is 0 Å². The summed E-state index contributed by atoms with van der Waals surface area (Å²) < 4.78 is 0. The SMILES string of the molecule is CCN(C)CCC(O)(CN)c1ccccc1. The summed E-state index contributed by atoms with van der Waals surface area (Å²) in [6.45, 7) is 4.19. The molecule has 0 fully saturated rings. The van der Waals surface area contributed by atoms with Crippen LogP contribution in [-0.4, -0.2) is 36.7 Å². The summed E-state index contributed by atoms with van der Waals surface area (Å²) in [5.74, 6) is 0. The van der Waals surface area contributed by atoms with E-state index in [1.807, 2.05) is 37.4 Å². The van der Waals surface area contributed by atoms with E-state index >= 15 is 0 Å². The number of rotatable bonds is 6. The molecule has 0 bridgehead atoms. The van der Waals surface area contributed by atoms with Gasteiger partial charge in [0, 0.05) is 13.1 Å². The monoisotopic (exact) mass is 222 g/mol. The van der Waals surface area contributed by atoms with Crippen molar-refractivity contribution in [1.29, 1.82) is 0 Å². The Hall–Kier alpha value is -0.900. The Morgan fingerprint density at radius 1 is 1.31 bits per heavy atom. The van der Waals surface area contributed by atoms with Crippen molar-refractivity contribution in [3.8, 4) is 0 Å². The first-order valence-electron chi connectivity index (χ1n) is 5.79. The second-order valence-corrected chi connectivity index (χ2v) is 4.25. The van der Waals surface area contributed by atoms with Crippen LogP contribution in [0.1, 0.15) is 18.9 Å². The van der Waals surface area contributed by atoms with Crippen molar-refractivity contribution < 1.29 is 5.11 Å². The summed E-state index contributed by atoms with van der Waals surface area (Å²) in [5, 5.41) is 10.5. The van der Waals surface area contributed by atoms with Crippen LogP contribution >= 0.6 is 0 Å². The van der Waals surface area contributed by atoms with Gasteiger partial charge < -0.3 is 15.7 Å². The second-order valence-electron chi connectivity index (χ2n) is 4.25. The molecule has 0 saturated heterocycles. The van der Waals surface area contributed by atoms with Gasteiger partial charge in [-0.1, -0.05) is 37.3 Å². The molecule has 0 spiro atoms. The minimum Gasteiger partial charge on any atom is -0.384 e. The standard InChI is InChI=1S/C13H22N2O/c1-3-15(2)10-9-13(16,11-14)12-7-5-4-6-8-12/h4-8,16H,3,9-11,14H2,1-2H3. The molecule has 1 rings (SSSR count). The van der Waals surface area contributed by atoms with Crippen molar-refractivity contribution in [2.75, 3.05) is 26.7 Å². The summed E-state index contributed by atoms with van der Waals surface area (Å²) in [5.41, 5.74) is 5.70. The number of hydrogen-bond donors (Lipinski definition) is 2. The van der Waals surface area contributed by atoms with Crippen LogP contribution in [0.4, 0.5) is 0 Å². The van der Waals surface area contributed by atoms with Gasteiger partial charge in [-0.2, -0.15) is 0 Å². The molecule has 0 aliphatic carbocycles. The van der Waals surface area contributed by atoms with Gasteiger partial charge in [-0.15, -0.1) is 0 Å². The average molecular weight is 222 g/mol. The maximum absolute atomic E-state index is 10.5. The first-order valence-corrected chi connectivity index (χ1v) is 5.79. The smallest absolute Gasteiger partial charge is 0.103 e. The van der Waals surface area contributed by atoms with Crippen LogP contribution in [0.5, 0.6) is 0 Å². The molecule has 1 aromatic carbocycles. The molecular weight excluding hydrogens is 200 g/mol. The Labute approximate surface area is 97.9 Å². The van der Waals surface area contributed by atoms with Crippen molar-refractivity contribution in [2.24, 2.45) is 5.73 Å². The predicted octanol–water partition coefficient (Wildman–Crippen LogP) is 1.17. The maximum atomic E-state index is 10.5. The Bertz CT molecular complexity index is 302. The van der Waals surface area contributed by atoms with Crippen molar-refractivity contribution in [3.63, 3.8) is 0 Å². The minimum absolute atomic E-state index is 0.258. The molecule has 0 amide bonds. The second kappa shape index (κ2) is 5.99. The fourth-order valence-corrected chi connectivity index (χ4v) is 1.65. The number of aliphatic hydroxyl groups is 1. The fraction of sp³-hybridized carbons (Fsp3) is 0.538. The lowest BCUT2D eigenvalue weighted by molar-refractivity contribution is 0.0285. The highest BCUT2D eigenvalue weighted by atomic mass is 16.3. The highest BCUT2D eigenvalue weighted by Crippen LogP contribution is 2.23. The zero-order chi connectivity index (χ0) is 12.0. The van der Waals surface area contributed by atoms with Gasteiger partial charge in [-0.3, -0.25) is 0 Å². The molecule has 3 heteroatoms. The van der Waals surface area contributed by atoms with Gasteiger partial charge >= 0.3 is 0 Å². The van der Waals surface area contributed by atoms with Crippen LogP contribution in [0.2, 0.25) is 0 Å². The van der Waals surface area contributed by atoms with E-state index in [-0.39, 0.29) is 6.54 Å². The molecule has 0 aliphatic heterocycles. The summed E-state index contributed by atoms with van der Waals surface area (Å²) in [6.07, 6.45) is 0.665. The molecule has 90 valence electrons. The predicted molar refractivity (Wildman–Crippen MR) is 67.2 cm³/mol. The van der Waals surface area contributed by atoms with Crippen LogP contribution in [0.25, 0.3) is 0 Å². The lowest BCUT2D eigenvalue weighted by atomic mass is 9.90. The van der Waals surface area contributed by atoms with Gasteiger partial charge in [0.1, 0.15) is 5.60 Å². The van der Waals surface area contributed by atoms with Crippen molar-refractivity contribution in [2.45, 2.75) is 18.9 Å². The molecule has 3 nitrogen and oxygen atoms in total. The van der Waals surface area contributed by atoms with E-state index in [0.29, 0.717) is 6.42 Å². The Balaban J connectivity index is 2.70. The fourth-order valence-electron chi connectivity index (χ4n) is 1.65. The van der Waals surface area contributed by atoms with Crippen molar-refractivity contribution in [1.82, 2.24) is 4.90 Å². The highest BCUT2D eigenvalue weighted by molar-refractivity contribution is 5.22. The molecule has 16 heavy (non-hydrogen) atoms. The Morgan fingerprint density at radius 2 is 1.94 bits per heavy atom. The maximum Gasteiger partial charge on any atom is 0.103 e. The zero-order valence-corrected chi connectivity index (χ0v) is 10.2. The Morgan fingerprint density at radius 3 is 2.44 bits per heavy atom. The van der Waals surface area contributed by atoms with Gasteiger partial charge in [0.15, 0.2) is 0 Å². The third-order valence-corrected chi connectivity index (χ3v) is 3.10. The average Bonchev–Trinajstić information content (AvgIpc) is 2.36. The quantitative estimate of drug-likeness (QED) is 0.760. The first-order chi connectivity index (χ1) is 7.62. The number of benzene rings is 1. The molecule has 1 atom stereocenters. The lowest BCUT2D eigenvalue weighted by Crippen LogP contribution is -2.38. The van der Waals surface area contributed by atoms with Crippen LogP contribution < -0.4 is 5.73 Å². The molecular formula is C13H22N2O. The third-order valence-electron chi connectivity index (χ3n) is 3.10. The number of nitrogens with zero attached hydrogens (tertiary/aromatic N) is 1. The van der Waals surface area contributed by atoms with E-state index in [9.17, 15) is 5.11 Å². The normalized spacial score (nSPS) is 15.1. The topological polar surface area (TPSA) is 49.5 Å². The van der Waals surface area contributed by atoms with E-state index in [1.165, 1.54) is 0 Å². The van der Waals surface area contributed by atoms with Gasteiger partial charge in [0.2, 0.25) is 0 Å². The molecule has 0 saturated carbocycles. The van der Waals surface area contributed by atoms with E-state index in [4.69, 9.17) is 5.73 Å². The number of nitrogens with two attached hydrogens (primary N) is 1. The van der Waals surface area contributed by atoms with Crippen LogP contribution in [-0.2, 0) is 5.60 Å². The summed E-state index contributed by atoms with van der Waals surface area (Å²) in [7, 11) is 2.04. The van der Waals surface area contributed by atoms with Gasteiger partial charge in [0.25, 0.3) is 0 Å². The van der Waals surface area contributed by atoms with Crippen LogP contribution in [0, 0.1) is 0 Å². The molecule has 0 aliphatic rings. The Kier molecular flexibility index (Phi) is 4.93. The van der Waals surface area contributed by atoms with E-state index in [1.54, 1.807) is 0 Å². The molecule has 0 radical (unpaired) electrons. The van der Waals surface area contributed by atoms with Crippen molar-refractivity contribution >= 4 is 0 Å². The van der Waals surface area contributed by atoms with Crippen LogP contribution in [0.15, 0.2) is 30.3 Å². The third kappa shape index (κ3) is 3.30. The number of hydrogen-bond acceptors (Lipinski definition) is 3. The van der Waals surface area contributed by atoms with Gasteiger partial charge in [0.05, 0.1) is 0 Å². The molecule has 3 N–H and O–H groups in total. The van der Waals surface area contributed by atoms with E-state index < -0.39 is 5.60 Å². The van der Waals surface area contributed by atoms with E-state index in [0.717, 1.165) is 18.7 Å². The molecule has 1 unspecified atom stereocenters. The molecule has 0 heterocycles. The zero-order valence-electron chi connectivity index (χ0n) is 10.2. The molecule has 0 aromatic heterocycles. The minimum atomic E-state index is -0.898. The van der Waals surface area contributed by atoms with Crippen molar-refractivity contribution in [3.05, 3.63) is 35.9 Å². The summed E-state index contributed by atoms with van der Waals surface area (Å²) in [6, 6.07) is 9.66. The van der Waals surface area contributed by atoms with E-state index in [2.05, 4.69) is 11.8 Å². The lowest BCUT2D eigenvalue weighted by Gasteiger charge is -2.29.